The number of amides is 1. The number of rotatable bonds is 4. The minimum Gasteiger partial charge on any atom is -0.508 e. The van der Waals surface area contributed by atoms with E-state index in [2.05, 4.69) is 5.32 Å². The molecule has 19 heavy (non-hydrogen) atoms. The molecule has 0 aliphatic heterocycles. The first-order valence-electron chi connectivity index (χ1n) is 6.19. The van der Waals surface area contributed by atoms with E-state index in [0.29, 0.717) is 6.54 Å². The molecule has 0 saturated carbocycles. The second-order valence-corrected chi connectivity index (χ2v) is 5.78. The summed E-state index contributed by atoms with van der Waals surface area (Å²) in [4.78, 5) is 13.9. The molecule has 1 amide bonds. The van der Waals surface area contributed by atoms with Crippen LogP contribution in [0.5, 0.6) is 5.75 Å². The molecule has 0 unspecified atom stereocenters. The summed E-state index contributed by atoms with van der Waals surface area (Å²) in [5, 5.41) is 12.1. The Morgan fingerprint density at radius 3 is 2.53 bits per heavy atom. The Hall–Kier alpha value is -1.81. The SMILES string of the molecule is Cc1cc(C(=O)NCCc2ccc(O)cc2)sc1C. The van der Waals surface area contributed by atoms with Crippen LogP contribution in [-0.4, -0.2) is 17.6 Å². The zero-order valence-corrected chi connectivity index (χ0v) is 11.9. The number of carbonyl (C=O) groups is 1. The molecule has 0 aliphatic rings. The van der Waals surface area contributed by atoms with Crippen LogP contribution in [0.25, 0.3) is 0 Å². The lowest BCUT2D eigenvalue weighted by molar-refractivity contribution is 0.0958. The van der Waals surface area contributed by atoms with Crippen molar-refractivity contribution in [2.45, 2.75) is 20.3 Å². The van der Waals surface area contributed by atoms with Gasteiger partial charge in [0.2, 0.25) is 0 Å². The Morgan fingerprint density at radius 1 is 1.26 bits per heavy atom. The number of nitrogens with one attached hydrogen (secondary N) is 1. The highest BCUT2D eigenvalue weighted by Gasteiger charge is 2.09. The maximum absolute atomic E-state index is 11.9. The van der Waals surface area contributed by atoms with Crippen molar-refractivity contribution in [3.05, 3.63) is 51.2 Å². The largest absolute Gasteiger partial charge is 0.508 e. The number of thiophene rings is 1. The minimum atomic E-state index is -0.0139. The van der Waals surface area contributed by atoms with Gasteiger partial charge in [0.1, 0.15) is 5.75 Å². The van der Waals surface area contributed by atoms with Crippen molar-refractivity contribution < 1.29 is 9.90 Å². The monoisotopic (exact) mass is 275 g/mol. The maximum atomic E-state index is 11.9. The number of hydrogen-bond acceptors (Lipinski definition) is 3. The molecule has 4 heteroatoms. The number of aromatic hydroxyl groups is 1. The third-order valence-corrected chi connectivity index (χ3v) is 4.18. The average molecular weight is 275 g/mol. The van der Waals surface area contributed by atoms with Crippen LogP contribution in [0.3, 0.4) is 0 Å². The Morgan fingerprint density at radius 2 is 1.95 bits per heavy atom. The normalized spacial score (nSPS) is 10.4. The molecule has 0 atom stereocenters. The highest BCUT2D eigenvalue weighted by atomic mass is 32.1. The van der Waals surface area contributed by atoms with Crippen molar-refractivity contribution >= 4 is 17.2 Å². The molecular formula is C15H17NO2S. The zero-order chi connectivity index (χ0) is 13.8. The summed E-state index contributed by atoms with van der Waals surface area (Å²) in [5.41, 5.74) is 2.25. The Labute approximate surface area is 116 Å². The molecule has 1 aromatic carbocycles. The zero-order valence-electron chi connectivity index (χ0n) is 11.1. The van der Waals surface area contributed by atoms with Gasteiger partial charge in [-0.25, -0.2) is 0 Å². The van der Waals surface area contributed by atoms with E-state index >= 15 is 0 Å². The van der Waals surface area contributed by atoms with Crippen LogP contribution in [0.4, 0.5) is 0 Å². The maximum Gasteiger partial charge on any atom is 0.261 e. The third-order valence-electron chi connectivity index (χ3n) is 3.03. The van der Waals surface area contributed by atoms with Gasteiger partial charge >= 0.3 is 0 Å². The molecule has 1 heterocycles. The molecule has 100 valence electrons. The van der Waals surface area contributed by atoms with Gasteiger partial charge in [0, 0.05) is 11.4 Å². The van der Waals surface area contributed by atoms with Crippen LogP contribution in [0, 0.1) is 13.8 Å². The molecular weight excluding hydrogens is 258 g/mol. The Balaban J connectivity index is 1.85. The highest BCUT2D eigenvalue weighted by Crippen LogP contribution is 2.20. The van der Waals surface area contributed by atoms with E-state index in [4.69, 9.17) is 0 Å². The van der Waals surface area contributed by atoms with Crippen molar-refractivity contribution in [2.24, 2.45) is 0 Å². The summed E-state index contributed by atoms with van der Waals surface area (Å²) in [7, 11) is 0. The number of carbonyl (C=O) groups excluding carboxylic acids is 1. The summed E-state index contributed by atoms with van der Waals surface area (Å²) >= 11 is 1.53. The fourth-order valence-electron chi connectivity index (χ4n) is 1.76. The number of aryl methyl sites for hydroxylation is 2. The van der Waals surface area contributed by atoms with E-state index < -0.39 is 0 Å². The first kappa shape index (κ1) is 13.6. The van der Waals surface area contributed by atoms with Crippen molar-refractivity contribution in [1.29, 1.82) is 0 Å². The van der Waals surface area contributed by atoms with E-state index in [1.807, 2.05) is 32.0 Å². The smallest absolute Gasteiger partial charge is 0.261 e. The standard InChI is InChI=1S/C15H17NO2S/c1-10-9-14(19-11(10)2)15(18)16-8-7-12-3-5-13(17)6-4-12/h3-6,9,17H,7-8H2,1-2H3,(H,16,18). The summed E-state index contributed by atoms with van der Waals surface area (Å²) in [6, 6.07) is 8.96. The predicted molar refractivity (Wildman–Crippen MR) is 77.9 cm³/mol. The first-order chi connectivity index (χ1) is 9.06. The quantitative estimate of drug-likeness (QED) is 0.901. The van der Waals surface area contributed by atoms with Crippen LogP contribution in [0.15, 0.2) is 30.3 Å². The number of phenols is 1. The third kappa shape index (κ3) is 3.58. The van der Waals surface area contributed by atoms with Gasteiger partial charge < -0.3 is 10.4 Å². The van der Waals surface area contributed by atoms with Gasteiger partial charge in [0.05, 0.1) is 4.88 Å². The van der Waals surface area contributed by atoms with E-state index in [0.717, 1.165) is 22.4 Å². The lowest BCUT2D eigenvalue weighted by Crippen LogP contribution is -2.24. The van der Waals surface area contributed by atoms with Gasteiger partial charge in [-0.2, -0.15) is 0 Å². The summed E-state index contributed by atoms with van der Waals surface area (Å²) < 4.78 is 0. The van der Waals surface area contributed by atoms with E-state index in [1.54, 1.807) is 12.1 Å². The summed E-state index contributed by atoms with van der Waals surface area (Å²) in [6.07, 6.45) is 0.759. The molecule has 2 N–H and O–H groups in total. The Bertz CT molecular complexity index is 553. The molecule has 0 spiro atoms. The molecule has 0 radical (unpaired) electrons. The predicted octanol–water partition coefficient (Wildman–Crippen LogP) is 3.04. The molecule has 1 aromatic heterocycles. The lowest BCUT2D eigenvalue weighted by Gasteiger charge is -2.04. The second kappa shape index (κ2) is 5.89. The molecule has 0 aliphatic carbocycles. The van der Waals surface area contributed by atoms with Gasteiger partial charge in [-0.15, -0.1) is 11.3 Å². The van der Waals surface area contributed by atoms with Gasteiger partial charge in [0.15, 0.2) is 0 Å². The number of benzene rings is 1. The average Bonchev–Trinajstić information content (AvgIpc) is 2.72. The van der Waals surface area contributed by atoms with Crippen molar-refractivity contribution in [2.75, 3.05) is 6.54 Å². The van der Waals surface area contributed by atoms with Crippen molar-refractivity contribution in [3.63, 3.8) is 0 Å². The lowest BCUT2D eigenvalue weighted by atomic mass is 10.1. The van der Waals surface area contributed by atoms with Gasteiger partial charge in [-0.3, -0.25) is 4.79 Å². The molecule has 0 saturated heterocycles. The van der Waals surface area contributed by atoms with Gasteiger partial charge in [-0.05, 0) is 49.6 Å². The van der Waals surface area contributed by atoms with Crippen LogP contribution < -0.4 is 5.32 Å². The highest BCUT2D eigenvalue weighted by molar-refractivity contribution is 7.14. The van der Waals surface area contributed by atoms with Gasteiger partial charge in [-0.1, -0.05) is 12.1 Å². The molecule has 3 nitrogen and oxygen atoms in total. The van der Waals surface area contributed by atoms with Crippen molar-refractivity contribution in [1.82, 2.24) is 5.32 Å². The molecule has 0 bridgehead atoms. The van der Waals surface area contributed by atoms with Crippen molar-refractivity contribution in [3.8, 4) is 5.75 Å². The number of hydrogen-bond donors (Lipinski definition) is 2. The fourth-order valence-corrected chi connectivity index (χ4v) is 2.71. The summed E-state index contributed by atoms with van der Waals surface area (Å²) in [6.45, 7) is 4.63. The minimum absolute atomic E-state index is 0.0139. The van der Waals surface area contributed by atoms with E-state index in [9.17, 15) is 9.90 Å². The summed E-state index contributed by atoms with van der Waals surface area (Å²) in [5.74, 6) is 0.247. The molecule has 2 aromatic rings. The molecule has 0 fully saturated rings. The van der Waals surface area contributed by atoms with E-state index in [1.165, 1.54) is 16.2 Å². The second-order valence-electron chi connectivity index (χ2n) is 4.52. The first-order valence-corrected chi connectivity index (χ1v) is 7.01. The Kier molecular flexibility index (Phi) is 4.22. The molecule has 2 rings (SSSR count). The van der Waals surface area contributed by atoms with E-state index in [-0.39, 0.29) is 11.7 Å². The van der Waals surface area contributed by atoms with Crippen LogP contribution >= 0.6 is 11.3 Å². The van der Waals surface area contributed by atoms with Crippen LogP contribution in [0.1, 0.15) is 25.7 Å². The topological polar surface area (TPSA) is 49.3 Å². The number of phenolic OH excluding ortho intramolecular Hbond substituents is 1. The van der Waals surface area contributed by atoms with Gasteiger partial charge in [0.25, 0.3) is 5.91 Å². The van der Waals surface area contributed by atoms with Crippen LogP contribution in [0.2, 0.25) is 0 Å². The fraction of sp³-hybridized carbons (Fsp3) is 0.267. The van der Waals surface area contributed by atoms with Crippen LogP contribution in [-0.2, 0) is 6.42 Å².